The minimum atomic E-state index is -0.449. The topological polar surface area (TPSA) is 81.4 Å². The smallest absolute Gasteiger partial charge is 0.348 e. The van der Waals surface area contributed by atoms with E-state index in [9.17, 15) is 9.59 Å². The molecule has 1 rings (SSSR count). The van der Waals surface area contributed by atoms with Crippen LogP contribution in [0, 0.1) is 0 Å². The zero-order valence-corrected chi connectivity index (χ0v) is 12.5. The lowest BCUT2D eigenvalue weighted by Gasteiger charge is -2.10. The molecule has 1 amide bonds. The number of carbonyl (C=O) groups is 2. The predicted octanol–water partition coefficient (Wildman–Crippen LogP) is 2.38. The van der Waals surface area contributed by atoms with Gasteiger partial charge in [0.2, 0.25) is 0 Å². The third-order valence-electron chi connectivity index (χ3n) is 2.68. The Morgan fingerprint density at radius 3 is 2.53 bits per heavy atom. The number of methoxy groups -OCH3 is 1. The summed E-state index contributed by atoms with van der Waals surface area (Å²) in [6.45, 7) is 6.40. The molecule has 1 aromatic heterocycles. The van der Waals surface area contributed by atoms with E-state index in [4.69, 9.17) is 10.5 Å². The molecular formula is C13H20N2O3S. The van der Waals surface area contributed by atoms with Crippen LogP contribution in [0.25, 0.3) is 0 Å². The summed E-state index contributed by atoms with van der Waals surface area (Å²) in [5, 5.41) is 3.15. The minimum absolute atomic E-state index is 0.0185. The number of thiophene rings is 1. The number of carbonyl (C=O) groups excluding carboxylic acids is 2. The quantitative estimate of drug-likeness (QED) is 0.813. The van der Waals surface area contributed by atoms with E-state index in [2.05, 4.69) is 5.32 Å². The van der Waals surface area contributed by atoms with Crippen molar-refractivity contribution >= 4 is 28.2 Å². The van der Waals surface area contributed by atoms with Crippen LogP contribution in [0.3, 0.4) is 0 Å². The maximum absolute atomic E-state index is 12.1. The third-order valence-corrected chi connectivity index (χ3v) is 3.70. The largest absolute Gasteiger partial charge is 0.465 e. The van der Waals surface area contributed by atoms with Crippen molar-refractivity contribution in [1.29, 1.82) is 0 Å². The first-order chi connectivity index (χ1) is 8.93. The van der Waals surface area contributed by atoms with E-state index >= 15 is 0 Å². The molecule has 0 aliphatic heterocycles. The highest BCUT2D eigenvalue weighted by atomic mass is 32.1. The number of hydrogen-bond acceptors (Lipinski definition) is 5. The Morgan fingerprint density at radius 2 is 2.05 bits per heavy atom. The summed E-state index contributed by atoms with van der Waals surface area (Å²) in [4.78, 5) is 24.3. The second-order valence-electron chi connectivity index (χ2n) is 4.49. The molecule has 3 N–H and O–H groups in total. The number of hydrogen-bond donors (Lipinski definition) is 2. The number of nitrogen functional groups attached to an aromatic ring is 1. The van der Waals surface area contributed by atoms with Crippen molar-refractivity contribution in [2.45, 2.75) is 33.1 Å². The standard InChI is InChI=1S/C13H20N2O3S/c1-5-6-15-12(16)9-8(7(2)3)10(13(17)18-4)19-11(9)14/h7H,5-6,14H2,1-4H3,(H,15,16). The summed E-state index contributed by atoms with van der Waals surface area (Å²) in [5.74, 6) is -0.658. The van der Waals surface area contributed by atoms with Crippen LogP contribution in [0.15, 0.2) is 0 Å². The Morgan fingerprint density at radius 1 is 1.42 bits per heavy atom. The van der Waals surface area contributed by atoms with Gasteiger partial charge in [0.1, 0.15) is 4.88 Å². The first kappa shape index (κ1) is 15.5. The zero-order chi connectivity index (χ0) is 14.6. The average Bonchev–Trinajstić information content (AvgIpc) is 2.72. The highest BCUT2D eigenvalue weighted by Crippen LogP contribution is 2.36. The van der Waals surface area contributed by atoms with Crippen molar-refractivity contribution in [2.75, 3.05) is 19.4 Å². The molecule has 0 saturated carbocycles. The van der Waals surface area contributed by atoms with Gasteiger partial charge in [-0.3, -0.25) is 4.79 Å². The van der Waals surface area contributed by atoms with Crippen molar-refractivity contribution in [3.63, 3.8) is 0 Å². The molecule has 0 saturated heterocycles. The second kappa shape index (κ2) is 6.56. The van der Waals surface area contributed by atoms with E-state index < -0.39 is 5.97 Å². The van der Waals surface area contributed by atoms with Crippen LogP contribution in [0.4, 0.5) is 5.00 Å². The number of ether oxygens (including phenoxy) is 1. The average molecular weight is 284 g/mol. The van der Waals surface area contributed by atoms with Crippen molar-refractivity contribution < 1.29 is 14.3 Å². The Labute approximate surface area is 117 Å². The van der Waals surface area contributed by atoms with Crippen molar-refractivity contribution in [2.24, 2.45) is 0 Å². The molecule has 106 valence electrons. The molecule has 0 radical (unpaired) electrons. The summed E-state index contributed by atoms with van der Waals surface area (Å²) in [6.07, 6.45) is 0.844. The summed E-state index contributed by atoms with van der Waals surface area (Å²) < 4.78 is 4.74. The van der Waals surface area contributed by atoms with E-state index in [0.717, 1.165) is 17.8 Å². The summed E-state index contributed by atoms with van der Waals surface area (Å²) in [7, 11) is 1.32. The second-order valence-corrected chi connectivity index (χ2v) is 5.54. The molecule has 0 atom stereocenters. The van der Waals surface area contributed by atoms with Gasteiger partial charge in [-0.05, 0) is 17.9 Å². The van der Waals surface area contributed by atoms with Crippen LogP contribution in [-0.2, 0) is 4.74 Å². The fourth-order valence-corrected chi connectivity index (χ4v) is 2.96. The van der Waals surface area contributed by atoms with E-state index in [1.807, 2.05) is 20.8 Å². The first-order valence-electron chi connectivity index (χ1n) is 6.22. The molecule has 0 aliphatic rings. The van der Waals surface area contributed by atoms with Gasteiger partial charge in [0, 0.05) is 6.54 Å². The Bertz CT molecular complexity index is 480. The SMILES string of the molecule is CCCNC(=O)c1c(N)sc(C(=O)OC)c1C(C)C. The van der Waals surface area contributed by atoms with Gasteiger partial charge in [-0.2, -0.15) is 0 Å². The van der Waals surface area contributed by atoms with Gasteiger partial charge in [0.05, 0.1) is 17.7 Å². The van der Waals surface area contributed by atoms with Crippen LogP contribution in [0.1, 0.15) is 58.7 Å². The van der Waals surface area contributed by atoms with Gasteiger partial charge >= 0.3 is 5.97 Å². The fraction of sp³-hybridized carbons (Fsp3) is 0.538. The lowest BCUT2D eigenvalue weighted by atomic mass is 9.98. The van der Waals surface area contributed by atoms with Gasteiger partial charge in [-0.25, -0.2) is 4.79 Å². The van der Waals surface area contributed by atoms with Crippen LogP contribution < -0.4 is 11.1 Å². The molecule has 19 heavy (non-hydrogen) atoms. The van der Waals surface area contributed by atoms with Crippen molar-refractivity contribution in [3.8, 4) is 0 Å². The number of nitrogens with two attached hydrogens (primary N) is 1. The lowest BCUT2D eigenvalue weighted by molar-refractivity contribution is 0.0605. The number of esters is 1. The molecule has 0 spiro atoms. The highest BCUT2D eigenvalue weighted by Gasteiger charge is 2.27. The summed E-state index contributed by atoms with van der Waals surface area (Å²) in [5.41, 5.74) is 6.98. The molecule has 0 unspecified atom stereocenters. The van der Waals surface area contributed by atoms with E-state index in [1.165, 1.54) is 7.11 Å². The van der Waals surface area contributed by atoms with Crippen LogP contribution in [-0.4, -0.2) is 25.5 Å². The van der Waals surface area contributed by atoms with Crippen LogP contribution in [0.5, 0.6) is 0 Å². The Kier molecular flexibility index (Phi) is 5.35. The van der Waals surface area contributed by atoms with E-state index in [0.29, 0.717) is 27.5 Å². The van der Waals surface area contributed by atoms with E-state index in [1.54, 1.807) is 0 Å². The molecule has 0 aromatic carbocycles. The van der Waals surface area contributed by atoms with Gasteiger partial charge < -0.3 is 15.8 Å². The third kappa shape index (κ3) is 3.26. The number of anilines is 1. The minimum Gasteiger partial charge on any atom is -0.465 e. The van der Waals surface area contributed by atoms with E-state index in [-0.39, 0.29) is 11.8 Å². The fourth-order valence-electron chi connectivity index (χ4n) is 1.82. The molecule has 0 fully saturated rings. The Balaban J connectivity index is 3.27. The highest BCUT2D eigenvalue weighted by molar-refractivity contribution is 7.18. The number of nitrogens with one attached hydrogen (secondary N) is 1. The van der Waals surface area contributed by atoms with Gasteiger partial charge in [-0.15, -0.1) is 11.3 Å². The van der Waals surface area contributed by atoms with Gasteiger partial charge in [0.15, 0.2) is 0 Å². The molecule has 0 aliphatic carbocycles. The maximum Gasteiger partial charge on any atom is 0.348 e. The van der Waals surface area contributed by atoms with Crippen LogP contribution in [0.2, 0.25) is 0 Å². The normalized spacial score (nSPS) is 10.6. The van der Waals surface area contributed by atoms with Crippen molar-refractivity contribution in [3.05, 3.63) is 16.0 Å². The number of amides is 1. The van der Waals surface area contributed by atoms with Gasteiger partial charge in [-0.1, -0.05) is 20.8 Å². The maximum atomic E-state index is 12.1. The molecule has 5 nitrogen and oxygen atoms in total. The molecule has 1 aromatic rings. The first-order valence-corrected chi connectivity index (χ1v) is 7.04. The molecule has 1 heterocycles. The molecule has 0 bridgehead atoms. The Hall–Kier alpha value is -1.56. The van der Waals surface area contributed by atoms with Gasteiger partial charge in [0.25, 0.3) is 5.91 Å². The summed E-state index contributed by atoms with van der Waals surface area (Å²) in [6, 6.07) is 0. The lowest BCUT2D eigenvalue weighted by Crippen LogP contribution is -2.25. The van der Waals surface area contributed by atoms with Crippen molar-refractivity contribution in [1.82, 2.24) is 5.32 Å². The predicted molar refractivity (Wildman–Crippen MR) is 76.8 cm³/mol. The summed E-state index contributed by atoms with van der Waals surface area (Å²) >= 11 is 1.11. The number of rotatable bonds is 5. The zero-order valence-electron chi connectivity index (χ0n) is 11.7. The monoisotopic (exact) mass is 284 g/mol. The molecular weight excluding hydrogens is 264 g/mol. The molecule has 6 heteroatoms. The van der Waals surface area contributed by atoms with Crippen LogP contribution >= 0.6 is 11.3 Å².